The topological polar surface area (TPSA) is 61.4 Å². The summed E-state index contributed by atoms with van der Waals surface area (Å²) in [7, 11) is 0. The first kappa shape index (κ1) is 16.3. The lowest BCUT2D eigenvalue weighted by molar-refractivity contribution is -0.117. The fourth-order valence-electron chi connectivity index (χ4n) is 2.69. The van der Waals surface area contributed by atoms with E-state index in [0.717, 1.165) is 23.2 Å². The number of halogens is 1. The average molecular weight is 344 g/mol. The molecule has 0 radical (unpaired) electrons. The van der Waals surface area contributed by atoms with Gasteiger partial charge in [0.05, 0.1) is 6.54 Å². The predicted molar refractivity (Wildman–Crippen MR) is 95.7 cm³/mol. The van der Waals surface area contributed by atoms with Crippen LogP contribution in [-0.4, -0.2) is 25.0 Å². The zero-order valence-corrected chi connectivity index (χ0v) is 14.1. The number of urea groups is 1. The number of amides is 3. The minimum atomic E-state index is -0.434. The van der Waals surface area contributed by atoms with Gasteiger partial charge in [-0.1, -0.05) is 35.9 Å². The summed E-state index contributed by atoms with van der Waals surface area (Å²) in [5.41, 5.74) is 3.60. The molecule has 1 heterocycles. The van der Waals surface area contributed by atoms with E-state index in [4.69, 9.17) is 11.6 Å². The third-order valence-corrected chi connectivity index (χ3v) is 4.43. The Labute approximate surface area is 145 Å². The van der Waals surface area contributed by atoms with Crippen molar-refractivity contribution < 1.29 is 9.59 Å². The number of hydrogen-bond acceptors (Lipinski definition) is 2. The van der Waals surface area contributed by atoms with E-state index in [1.807, 2.05) is 37.3 Å². The number of fused-ring (bicyclic) bond motifs is 1. The average Bonchev–Trinajstić information content (AvgIpc) is 3.00. The number of carbonyl (C=O) groups is 2. The van der Waals surface area contributed by atoms with Gasteiger partial charge in [0.2, 0.25) is 5.91 Å². The van der Waals surface area contributed by atoms with Gasteiger partial charge in [0.15, 0.2) is 0 Å². The Balaban J connectivity index is 1.55. The highest BCUT2D eigenvalue weighted by Gasteiger charge is 2.24. The largest absolute Gasteiger partial charge is 0.329 e. The molecule has 0 saturated heterocycles. The van der Waals surface area contributed by atoms with Gasteiger partial charge < -0.3 is 15.5 Å². The van der Waals surface area contributed by atoms with Crippen LogP contribution in [0.4, 0.5) is 16.2 Å². The van der Waals surface area contributed by atoms with Gasteiger partial charge in [-0.2, -0.15) is 0 Å². The lowest BCUT2D eigenvalue weighted by atomic mass is 10.2. The van der Waals surface area contributed by atoms with E-state index >= 15 is 0 Å². The van der Waals surface area contributed by atoms with E-state index in [0.29, 0.717) is 17.3 Å². The molecule has 0 unspecified atom stereocenters. The van der Waals surface area contributed by atoms with Crippen LogP contribution in [0.25, 0.3) is 0 Å². The zero-order chi connectivity index (χ0) is 17.1. The Bertz CT molecular complexity index is 792. The van der Waals surface area contributed by atoms with Gasteiger partial charge in [0.25, 0.3) is 0 Å². The first-order valence-electron chi connectivity index (χ1n) is 7.74. The maximum Gasteiger partial charge on any atom is 0.319 e. The summed E-state index contributed by atoms with van der Waals surface area (Å²) in [5.74, 6) is -0.128. The number of para-hydroxylation sites is 1. The van der Waals surface area contributed by atoms with Crippen LogP contribution in [0.5, 0.6) is 0 Å². The zero-order valence-electron chi connectivity index (χ0n) is 13.3. The second-order valence-corrected chi connectivity index (χ2v) is 6.10. The van der Waals surface area contributed by atoms with Gasteiger partial charge in [-0.25, -0.2) is 4.79 Å². The first-order chi connectivity index (χ1) is 11.5. The van der Waals surface area contributed by atoms with Crippen molar-refractivity contribution in [2.45, 2.75) is 13.3 Å². The van der Waals surface area contributed by atoms with Crippen molar-refractivity contribution >= 4 is 34.9 Å². The summed E-state index contributed by atoms with van der Waals surface area (Å²) < 4.78 is 0. The Morgan fingerprint density at radius 1 is 1.21 bits per heavy atom. The molecule has 0 aliphatic carbocycles. The van der Waals surface area contributed by atoms with E-state index in [1.54, 1.807) is 17.0 Å². The minimum absolute atomic E-state index is 0.0558. The summed E-state index contributed by atoms with van der Waals surface area (Å²) in [6, 6.07) is 12.6. The maximum absolute atomic E-state index is 12.3. The van der Waals surface area contributed by atoms with E-state index < -0.39 is 6.03 Å². The number of nitrogens with zero attached hydrogens (tertiary/aromatic N) is 1. The van der Waals surface area contributed by atoms with Gasteiger partial charge in [-0.05, 0) is 42.7 Å². The maximum atomic E-state index is 12.3. The lowest BCUT2D eigenvalue weighted by Gasteiger charge is -2.17. The molecule has 2 N–H and O–H groups in total. The van der Waals surface area contributed by atoms with Crippen LogP contribution >= 0.6 is 11.6 Å². The van der Waals surface area contributed by atoms with Gasteiger partial charge in [0, 0.05) is 22.9 Å². The van der Waals surface area contributed by atoms with Crippen LogP contribution in [0.1, 0.15) is 11.1 Å². The molecule has 0 aromatic heterocycles. The van der Waals surface area contributed by atoms with Crippen molar-refractivity contribution in [1.29, 1.82) is 0 Å². The summed E-state index contributed by atoms with van der Waals surface area (Å²) in [6.45, 7) is 2.48. The van der Waals surface area contributed by atoms with Crippen molar-refractivity contribution in [2.24, 2.45) is 0 Å². The molecule has 1 aliphatic heterocycles. The van der Waals surface area contributed by atoms with E-state index in [9.17, 15) is 9.59 Å². The smallest absolute Gasteiger partial charge is 0.319 e. The van der Waals surface area contributed by atoms with Crippen LogP contribution in [-0.2, 0) is 11.2 Å². The third-order valence-electron chi connectivity index (χ3n) is 4.02. The summed E-state index contributed by atoms with van der Waals surface area (Å²) >= 11 is 6.03. The molecule has 0 bridgehead atoms. The highest BCUT2D eigenvalue weighted by Crippen LogP contribution is 2.27. The monoisotopic (exact) mass is 343 g/mol. The fraction of sp³-hybridized carbons (Fsp3) is 0.222. The van der Waals surface area contributed by atoms with Crippen molar-refractivity contribution in [3.05, 3.63) is 58.6 Å². The fourth-order valence-corrected chi connectivity index (χ4v) is 2.88. The van der Waals surface area contributed by atoms with Crippen molar-refractivity contribution in [1.82, 2.24) is 5.32 Å². The molecule has 3 amide bonds. The molecule has 2 aromatic rings. The van der Waals surface area contributed by atoms with Gasteiger partial charge in [-0.3, -0.25) is 4.79 Å². The number of aryl methyl sites for hydroxylation is 1. The number of nitrogens with one attached hydrogen (secondary N) is 2. The predicted octanol–water partition coefficient (Wildman–Crippen LogP) is 3.36. The number of carbonyl (C=O) groups excluding carboxylic acids is 2. The molecule has 0 atom stereocenters. The lowest BCUT2D eigenvalue weighted by Crippen LogP contribution is -2.41. The molecule has 3 rings (SSSR count). The van der Waals surface area contributed by atoms with Crippen LogP contribution in [0.3, 0.4) is 0 Å². The van der Waals surface area contributed by atoms with Crippen molar-refractivity contribution in [2.75, 3.05) is 23.3 Å². The molecular formula is C18H18ClN3O2. The molecule has 2 aromatic carbocycles. The number of hydrogen-bond donors (Lipinski definition) is 2. The molecule has 0 saturated carbocycles. The summed E-state index contributed by atoms with van der Waals surface area (Å²) in [6.07, 6.45) is 0.843. The molecule has 0 fully saturated rings. The van der Waals surface area contributed by atoms with Crippen molar-refractivity contribution in [3.8, 4) is 0 Å². The molecule has 1 aliphatic rings. The minimum Gasteiger partial charge on any atom is -0.329 e. The third kappa shape index (κ3) is 3.51. The highest BCUT2D eigenvalue weighted by molar-refractivity contribution is 6.31. The molecule has 5 nitrogen and oxygen atoms in total. The highest BCUT2D eigenvalue weighted by atomic mass is 35.5. The Hall–Kier alpha value is -2.53. The van der Waals surface area contributed by atoms with E-state index in [1.165, 1.54) is 0 Å². The van der Waals surface area contributed by atoms with Crippen LogP contribution in [0, 0.1) is 6.92 Å². The molecule has 24 heavy (non-hydrogen) atoms. The SMILES string of the molecule is Cc1ccc(NC(=O)NCC(=O)N2CCc3ccccc32)cc1Cl. The number of benzene rings is 2. The Kier molecular flexibility index (Phi) is 4.71. The van der Waals surface area contributed by atoms with E-state index in [2.05, 4.69) is 10.6 Å². The molecular weight excluding hydrogens is 326 g/mol. The number of rotatable bonds is 3. The second kappa shape index (κ2) is 6.93. The Morgan fingerprint density at radius 3 is 2.79 bits per heavy atom. The quantitative estimate of drug-likeness (QED) is 0.897. The second-order valence-electron chi connectivity index (χ2n) is 5.70. The van der Waals surface area contributed by atoms with E-state index in [-0.39, 0.29) is 12.5 Å². The Morgan fingerprint density at radius 2 is 2.00 bits per heavy atom. The summed E-state index contributed by atoms with van der Waals surface area (Å²) in [5, 5.41) is 5.84. The van der Waals surface area contributed by atoms with Gasteiger partial charge in [0.1, 0.15) is 0 Å². The number of anilines is 2. The van der Waals surface area contributed by atoms with Crippen LogP contribution in [0.15, 0.2) is 42.5 Å². The molecule has 6 heteroatoms. The molecule has 0 spiro atoms. The van der Waals surface area contributed by atoms with Crippen molar-refractivity contribution in [3.63, 3.8) is 0 Å². The van der Waals surface area contributed by atoms with Gasteiger partial charge >= 0.3 is 6.03 Å². The van der Waals surface area contributed by atoms with Crippen LogP contribution < -0.4 is 15.5 Å². The van der Waals surface area contributed by atoms with Crippen LogP contribution in [0.2, 0.25) is 5.02 Å². The standard InChI is InChI=1S/C18H18ClN3O2/c1-12-6-7-14(10-15(12)19)21-18(24)20-11-17(23)22-9-8-13-4-2-3-5-16(13)22/h2-7,10H,8-9,11H2,1H3,(H2,20,21,24). The molecule has 124 valence electrons. The first-order valence-corrected chi connectivity index (χ1v) is 8.11. The normalized spacial score (nSPS) is 12.7. The summed E-state index contributed by atoms with van der Waals surface area (Å²) in [4.78, 5) is 26.0. The van der Waals surface area contributed by atoms with Gasteiger partial charge in [-0.15, -0.1) is 0 Å².